The molecule has 7 nitrogen and oxygen atoms in total. The smallest absolute Gasteiger partial charge is 0.306 e. The molecule has 9 heteroatoms. The normalized spacial score (nSPS) is 20.2. The van der Waals surface area contributed by atoms with Crippen molar-refractivity contribution < 1.29 is 28.6 Å². The number of nitrogens with one attached hydrogen (secondary N) is 2. The van der Waals surface area contributed by atoms with Gasteiger partial charge in [0, 0.05) is 24.0 Å². The van der Waals surface area contributed by atoms with Gasteiger partial charge >= 0.3 is 5.97 Å². The van der Waals surface area contributed by atoms with E-state index in [1.807, 2.05) is 12.1 Å². The minimum atomic E-state index is -0.788. The number of benzene rings is 1. The standard InChI is InChI=1S/C24H27FN2O5S/c25-19-13-17(32-16-5-3-15(4-6-16)24(30)31)7-8-18(19)22(28)26-11-12-27-23(29)21-10-9-20(33-21)14-1-2-14/h7-10,13-16H,1-6,11-12H2,(H,26,28)(H,27,29)(H,30,31). The van der Waals surface area contributed by atoms with Gasteiger partial charge in [-0.25, -0.2) is 4.39 Å². The van der Waals surface area contributed by atoms with Crippen molar-refractivity contribution in [3.8, 4) is 5.75 Å². The van der Waals surface area contributed by atoms with Crippen molar-refractivity contribution in [2.24, 2.45) is 5.92 Å². The Morgan fingerprint density at radius 2 is 1.67 bits per heavy atom. The van der Waals surface area contributed by atoms with Crippen LogP contribution in [0, 0.1) is 11.7 Å². The Morgan fingerprint density at radius 3 is 2.30 bits per heavy atom. The van der Waals surface area contributed by atoms with Crippen LogP contribution < -0.4 is 15.4 Å². The molecule has 2 aromatic rings. The van der Waals surface area contributed by atoms with Crippen molar-refractivity contribution in [3.05, 3.63) is 51.5 Å². The molecule has 0 unspecified atom stereocenters. The number of amides is 2. The minimum absolute atomic E-state index is 0.101. The Labute approximate surface area is 195 Å². The van der Waals surface area contributed by atoms with Gasteiger partial charge in [-0.05, 0) is 68.7 Å². The fourth-order valence-electron chi connectivity index (χ4n) is 3.97. The van der Waals surface area contributed by atoms with Crippen LogP contribution >= 0.6 is 11.3 Å². The first-order chi connectivity index (χ1) is 15.9. The highest BCUT2D eigenvalue weighted by Crippen LogP contribution is 2.43. The first-order valence-corrected chi connectivity index (χ1v) is 12.1. The molecule has 0 saturated heterocycles. The first kappa shape index (κ1) is 23.2. The molecule has 2 aliphatic carbocycles. The molecule has 2 fully saturated rings. The summed E-state index contributed by atoms with van der Waals surface area (Å²) >= 11 is 1.50. The number of halogens is 1. The Balaban J connectivity index is 1.20. The van der Waals surface area contributed by atoms with Crippen molar-refractivity contribution in [3.63, 3.8) is 0 Å². The molecule has 0 aliphatic heterocycles. The molecule has 2 aliphatic rings. The Morgan fingerprint density at radius 1 is 0.970 bits per heavy atom. The highest BCUT2D eigenvalue weighted by molar-refractivity contribution is 7.14. The number of rotatable bonds is 9. The summed E-state index contributed by atoms with van der Waals surface area (Å²) in [6.45, 7) is 0.416. The fraction of sp³-hybridized carbons (Fsp3) is 0.458. The van der Waals surface area contributed by atoms with E-state index in [0.29, 0.717) is 42.2 Å². The van der Waals surface area contributed by atoms with E-state index in [1.165, 1.54) is 47.3 Å². The Bertz CT molecular complexity index is 1030. The van der Waals surface area contributed by atoms with Crippen molar-refractivity contribution in [1.82, 2.24) is 10.6 Å². The van der Waals surface area contributed by atoms with Gasteiger partial charge in [0.1, 0.15) is 11.6 Å². The van der Waals surface area contributed by atoms with Gasteiger partial charge in [-0.15, -0.1) is 11.3 Å². The third-order valence-corrected chi connectivity index (χ3v) is 7.28. The molecule has 2 amide bonds. The number of carbonyl (C=O) groups is 3. The first-order valence-electron chi connectivity index (χ1n) is 11.3. The van der Waals surface area contributed by atoms with Gasteiger partial charge in [-0.1, -0.05) is 0 Å². The molecule has 4 rings (SSSR count). The molecule has 176 valence electrons. The quantitative estimate of drug-likeness (QED) is 0.478. The number of carboxylic acids is 1. The van der Waals surface area contributed by atoms with E-state index >= 15 is 0 Å². The van der Waals surface area contributed by atoms with E-state index in [9.17, 15) is 18.8 Å². The zero-order valence-electron chi connectivity index (χ0n) is 18.1. The van der Waals surface area contributed by atoms with Gasteiger partial charge in [0.15, 0.2) is 0 Å². The van der Waals surface area contributed by atoms with Crippen LogP contribution in [0.2, 0.25) is 0 Å². The summed E-state index contributed by atoms with van der Waals surface area (Å²) in [6, 6.07) is 7.90. The summed E-state index contributed by atoms with van der Waals surface area (Å²) in [5.74, 6) is -1.65. The molecule has 1 aromatic carbocycles. The van der Waals surface area contributed by atoms with E-state index in [1.54, 1.807) is 0 Å². The van der Waals surface area contributed by atoms with Crippen LogP contribution in [0.4, 0.5) is 4.39 Å². The van der Waals surface area contributed by atoms with Crippen molar-refractivity contribution in [1.29, 1.82) is 0 Å². The van der Waals surface area contributed by atoms with Crippen molar-refractivity contribution in [2.45, 2.75) is 50.5 Å². The maximum Gasteiger partial charge on any atom is 0.306 e. The number of carbonyl (C=O) groups excluding carboxylic acids is 2. The third kappa shape index (κ3) is 6.10. The van der Waals surface area contributed by atoms with Gasteiger partial charge in [0.05, 0.1) is 22.5 Å². The highest BCUT2D eigenvalue weighted by atomic mass is 32.1. The lowest BCUT2D eigenvalue weighted by atomic mass is 9.87. The van der Waals surface area contributed by atoms with E-state index in [2.05, 4.69) is 10.6 Å². The molecule has 0 spiro atoms. The van der Waals surface area contributed by atoms with Gasteiger partial charge in [-0.3, -0.25) is 14.4 Å². The maximum atomic E-state index is 14.5. The average Bonchev–Trinajstić information content (AvgIpc) is 3.53. The van der Waals surface area contributed by atoms with E-state index in [0.717, 1.165) is 0 Å². The Kier molecular flexibility index (Phi) is 7.27. The summed E-state index contributed by atoms with van der Waals surface area (Å²) in [7, 11) is 0. The third-order valence-electron chi connectivity index (χ3n) is 6.04. The predicted molar refractivity (Wildman–Crippen MR) is 121 cm³/mol. The molecule has 0 radical (unpaired) electrons. The highest BCUT2D eigenvalue weighted by Gasteiger charge is 2.27. The van der Waals surface area contributed by atoms with Gasteiger partial charge in [0.2, 0.25) is 0 Å². The molecular weight excluding hydrogens is 447 g/mol. The van der Waals surface area contributed by atoms with Crippen LogP contribution in [0.5, 0.6) is 5.75 Å². The van der Waals surface area contributed by atoms with Gasteiger partial charge < -0.3 is 20.5 Å². The SMILES string of the molecule is O=C(NCCNC(=O)c1ccc(OC2CCC(C(=O)O)CC2)cc1F)c1ccc(C2CC2)s1. The van der Waals surface area contributed by atoms with Crippen LogP contribution in [0.3, 0.4) is 0 Å². The average molecular weight is 475 g/mol. The minimum Gasteiger partial charge on any atom is -0.490 e. The largest absolute Gasteiger partial charge is 0.490 e. The lowest BCUT2D eigenvalue weighted by molar-refractivity contribution is -0.143. The number of aliphatic carboxylic acids is 1. The fourth-order valence-corrected chi connectivity index (χ4v) is 5.06. The zero-order chi connectivity index (χ0) is 23.4. The molecule has 1 heterocycles. The van der Waals surface area contributed by atoms with Crippen LogP contribution in [0.15, 0.2) is 30.3 Å². The monoisotopic (exact) mass is 474 g/mol. The Hall–Kier alpha value is -2.94. The van der Waals surface area contributed by atoms with E-state index in [4.69, 9.17) is 9.84 Å². The summed E-state index contributed by atoms with van der Waals surface area (Å²) in [5.41, 5.74) is -0.101. The number of ether oxygens (including phenoxy) is 1. The summed E-state index contributed by atoms with van der Waals surface area (Å²) in [5, 5.41) is 14.4. The second kappa shape index (κ2) is 10.3. The summed E-state index contributed by atoms with van der Waals surface area (Å²) in [4.78, 5) is 37.4. The summed E-state index contributed by atoms with van der Waals surface area (Å²) in [6.07, 6.45) is 4.48. The maximum absolute atomic E-state index is 14.5. The predicted octanol–water partition coefficient (Wildman–Crippen LogP) is 3.95. The van der Waals surface area contributed by atoms with Crippen molar-refractivity contribution in [2.75, 3.05) is 13.1 Å². The van der Waals surface area contributed by atoms with Crippen molar-refractivity contribution >= 4 is 29.1 Å². The number of thiophene rings is 1. The topological polar surface area (TPSA) is 105 Å². The molecular formula is C24H27FN2O5S. The van der Waals surface area contributed by atoms with Crippen LogP contribution in [0.25, 0.3) is 0 Å². The lowest BCUT2D eigenvalue weighted by Gasteiger charge is -2.26. The van der Waals surface area contributed by atoms with Gasteiger partial charge in [0.25, 0.3) is 11.8 Å². The van der Waals surface area contributed by atoms with E-state index in [-0.39, 0.29) is 36.6 Å². The second-order valence-corrected chi connectivity index (χ2v) is 9.67. The molecule has 0 bridgehead atoms. The van der Waals surface area contributed by atoms with Crippen LogP contribution in [-0.2, 0) is 4.79 Å². The number of carboxylic acid groups (broad SMARTS) is 1. The molecule has 33 heavy (non-hydrogen) atoms. The van der Waals surface area contributed by atoms with Gasteiger partial charge in [-0.2, -0.15) is 0 Å². The van der Waals surface area contributed by atoms with E-state index < -0.39 is 17.7 Å². The zero-order valence-corrected chi connectivity index (χ0v) is 19.0. The molecule has 2 saturated carbocycles. The molecule has 1 aromatic heterocycles. The van der Waals surface area contributed by atoms with Crippen LogP contribution in [-0.4, -0.2) is 42.1 Å². The summed E-state index contributed by atoms with van der Waals surface area (Å²) < 4.78 is 20.2. The number of hydrogen-bond acceptors (Lipinski definition) is 5. The second-order valence-electron chi connectivity index (χ2n) is 8.56. The lowest BCUT2D eigenvalue weighted by Crippen LogP contribution is -2.34. The molecule has 0 atom stereocenters. The molecule has 3 N–H and O–H groups in total. The van der Waals surface area contributed by atoms with Crippen LogP contribution in [0.1, 0.15) is 69.3 Å². The number of hydrogen-bond donors (Lipinski definition) is 3.